The SMILES string of the molecule is Cc1cc(NS(=O)(=O)C2CCCCC2)n(-c2nc(-c3ccco3)cs2)n1. The molecule has 1 saturated carbocycles. The Labute approximate surface area is 156 Å². The van der Waals surface area contributed by atoms with Crippen molar-refractivity contribution in [2.24, 2.45) is 0 Å². The summed E-state index contributed by atoms with van der Waals surface area (Å²) in [7, 11) is -3.44. The van der Waals surface area contributed by atoms with Crippen LogP contribution in [0.25, 0.3) is 16.6 Å². The van der Waals surface area contributed by atoms with Gasteiger partial charge in [-0.25, -0.2) is 13.4 Å². The number of nitrogens with zero attached hydrogens (tertiary/aromatic N) is 3. The number of rotatable bonds is 5. The van der Waals surface area contributed by atoms with Crippen molar-refractivity contribution in [1.82, 2.24) is 14.8 Å². The third kappa shape index (κ3) is 3.41. The van der Waals surface area contributed by atoms with E-state index in [1.807, 2.05) is 18.4 Å². The minimum atomic E-state index is -3.44. The van der Waals surface area contributed by atoms with Crippen molar-refractivity contribution in [3.63, 3.8) is 0 Å². The maximum absolute atomic E-state index is 12.8. The van der Waals surface area contributed by atoms with Crippen LogP contribution in [0.1, 0.15) is 37.8 Å². The molecular formula is C17H20N4O3S2. The maximum Gasteiger partial charge on any atom is 0.236 e. The van der Waals surface area contributed by atoms with E-state index in [2.05, 4.69) is 14.8 Å². The molecule has 26 heavy (non-hydrogen) atoms. The molecule has 1 N–H and O–H groups in total. The van der Waals surface area contributed by atoms with Gasteiger partial charge in [0.15, 0.2) is 5.76 Å². The molecule has 0 aromatic carbocycles. The zero-order chi connectivity index (χ0) is 18.1. The molecule has 9 heteroatoms. The number of aromatic nitrogens is 3. The predicted molar refractivity (Wildman–Crippen MR) is 101 cm³/mol. The molecule has 3 aromatic heterocycles. The lowest BCUT2D eigenvalue weighted by molar-refractivity contribution is 0.486. The van der Waals surface area contributed by atoms with Crippen molar-refractivity contribution >= 4 is 27.2 Å². The summed E-state index contributed by atoms with van der Waals surface area (Å²) in [6.45, 7) is 1.83. The van der Waals surface area contributed by atoms with Crippen molar-refractivity contribution < 1.29 is 12.8 Å². The van der Waals surface area contributed by atoms with E-state index in [1.165, 1.54) is 11.3 Å². The summed E-state index contributed by atoms with van der Waals surface area (Å²) in [5.41, 5.74) is 1.42. The van der Waals surface area contributed by atoms with Crippen LogP contribution in [0.4, 0.5) is 5.82 Å². The van der Waals surface area contributed by atoms with Gasteiger partial charge in [0.1, 0.15) is 11.5 Å². The molecule has 0 radical (unpaired) electrons. The summed E-state index contributed by atoms with van der Waals surface area (Å²) in [6, 6.07) is 5.37. The van der Waals surface area contributed by atoms with Crippen LogP contribution in [0.2, 0.25) is 0 Å². The molecule has 138 valence electrons. The van der Waals surface area contributed by atoms with E-state index in [1.54, 1.807) is 23.1 Å². The summed E-state index contributed by atoms with van der Waals surface area (Å²) in [5, 5.41) is 6.53. The molecular weight excluding hydrogens is 372 g/mol. The van der Waals surface area contributed by atoms with E-state index in [4.69, 9.17) is 4.42 Å². The number of anilines is 1. The average molecular weight is 393 g/mol. The number of thiazole rings is 1. The monoisotopic (exact) mass is 392 g/mol. The van der Waals surface area contributed by atoms with Crippen LogP contribution < -0.4 is 4.72 Å². The average Bonchev–Trinajstić information content (AvgIpc) is 3.35. The largest absolute Gasteiger partial charge is 0.463 e. The van der Waals surface area contributed by atoms with E-state index in [0.717, 1.165) is 25.0 Å². The maximum atomic E-state index is 12.8. The molecule has 0 bridgehead atoms. The van der Waals surface area contributed by atoms with Gasteiger partial charge in [-0.3, -0.25) is 4.72 Å². The number of nitrogens with one attached hydrogen (secondary N) is 1. The van der Waals surface area contributed by atoms with Crippen LogP contribution in [0, 0.1) is 6.92 Å². The van der Waals surface area contributed by atoms with Gasteiger partial charge in [-0.1, -0.05) is 19.3 Å². The van der Waals surface area contributed by atoms with Gasteiger partial charge in [0.2, 0.25) is 15.2 Å². The summed E-state index contributed by atoms with van der Waals surface area (Å²) in [5.74, 6) is 1.09. The molecule has 0 aliphatic heterocycles. The lowest BCUT2D eigenvalue weighted by Gasteiger charge is -2.22. The van der Waals surface area contributed by atoms with Gasteiger partial charge < -0.3 is 4.42 Å². The molecule has 0 saturated heterocycles. The molecule has 3 aromatic rings. The van der Waals surface area contributed by atoms with Crippen molar-refractivity contribution in [3.8, 4) is 16.6 Å². The van der Waals surface area contributed by atoms with Gasteiger partial charge in [0.05, 0.1) is 17.2 Å². The second-order valence-corrected chi connectivity index (χ2v) is 9.28. The number of aryl methyl sites for hydroxylation is 1. The molecule has 1 aliphatic rings. The highest BCUT2D eigenvalue weighted by molar-refractivity contribution is 7.93. The number of hydrogen-bond donors (Lipinski definition) is 1. The first-order valence-electron chi connectivity index (χ1n) is 8.61. The van der Waals surface area contributed by atoms with Gasteiger partial charge >= 0.3 is 0 Å². The minimum Gasteiger partial charge on any atom is -0.463 e. The first-order chi connectivity index (χ1) is 12.5. The van der Waals surface area contributed by atoms with Crippen LogP contribution in [0.15, 0.2) is 34.3 Å². The molecule has 0 amide bonds. The molecule has 7 nitrogen and oxygen atoms in total. The first kappa shape index (κ1) is 17.3. The highest BCUT2D eigenvalue weighted by Gasteiger charge is 2.28. The number of sulfonamides is 1. The Bertz CT molecular complexity index is 983. The highest BCUT2D eigenvalue weighted by Crippen LogP contribution is 2.29. The third-order valence-corrected chi connectivity index (χ3v) is 7.18. The molecule has 1 fully saturated rings. The van der Waals surface area contributed by atoms with Crippen molar-refractivity contribution in [3.05, 3.63) is 35.5 Å². The Hall–Kier alpha value is -2.13. The third-order valence-electron chi connectivity index (χ3n) is 4.52. The van der Waals surface area contributed by atoms with Gasteiger partial charge in [-0.05, 0) is 31.9 Å². The minimum absolute atomic E-state index is 0.338. The summed E-state index contributed by atoms with van der Waals surface area (Å²) >= 11 is 1.38. The van der Waals surface area contributed by atoms with Gasteiger partial charge in [0, 0.05) is 11.4 Å². The zero-order valence-corrected chi connectivity index (χ0v) is 16.0. The normalized spacial score (nSPS) is 16.0. The fraction of sp³-hybridized carbons (Fsp3) is 0.412. The fourth-order valence-electron chi connectivity index (χ4n) is 3.22. The Balaban J connectivity index is 1.63. The molecule has 3 heterocycles. The smallest absolute Gasteiger partial charge is 0.236 e. The second-order valence-electron chi connectivity index (χ2n) is 6.48. The van der Waals surface area contributed by atoms with Gasteiger partial charge in [-0.2, -0.15) is 9.78 Å². The molecule has 1 aliphatic carbocycles. The van der Waals surface area contributed by atoms with Crippen LogP contribution in [-0.2, 0) is 10.0 Å². The van der Waals surface area contributed by atoms with Crippen LogP contribution in [-0.4, -0.2) is 28.4 Å². The van der Waals surface area contributed by atoms with E-state index in [-0.39, 0.29) is 5.25 Å². The number of hydrogen-bond acceptors (Lipinski definition) is 6. The Morgan fingerprint density at radius 1 is 1.31 bits per heavy atom. The van der Waals surface area contributed by atoms with Crippen LogP contribution >= 0.6 is 11.3 Å². The van der Waals surface area contributed by atoms with Crippen LogP contribution in [0.5, 0.6) is 0 Å². The second kappa shape index (κ2) is 6.88. The van der Waals surface area contributed by atoms with E-state index in [9.17, 15) is 8.42 Å². The first-order valence-corrected chi connectivity index (χ1v) is 11.0. The lowest BCUT2D eigenvalue weighted by atomic mass is 10.0. The molecule has 4 rings (SSSR count). The van der Waals surface area contributed by atoms with E-state index >= 15 is 0 Å². The predicted octanol–water partition coefficient (Wildman–Crippen LogP) is 3.97. The highest BCUT2D eigenvalue weighted by atomic mass is 32.2. The number of furan rings is 1. The molecule has 0 spiro atoms. The summed E-state index contributed by atoms with van der Waals surface area (Å²) < 4.78 is 35.2. The van der Waals surface area contributed by atoms with E-state index in [0.29, 0.717) is 35.2 Å². The topological polar surface area (TPSA) is 90.0 Å². The van der Waals surface area contributed by atoms with Gasteiger partial charge in [0.25, 0.3) is 0 Å². The lowest BCUT2D eigenvalue weighted by Crippen LogP contribution is -2.30. The van der Waals surface area contributed by atoms with Crippen molar-refractivity contribution in [1.29, 1.82) is 0 Å². The fourth-order valence-corrected chi connectivity index (χ4v) is 5.56. The molecule has 0 unspecified atom stereocenters. The Morgan fingerprint density at radius 3 is 2.85 bits per heavy atom. The van der Waals surface area contributed by atoms with Crippen molar-refractivity contribution in [2.75, 3.05) is 4.72 Å². The standard InChI is InChI=1S/C17H20N4O3S2/c1-12-10-16(20-26(22,23)13-6-3-2-4-7-13)21(19-12)17-18-14(11-25-17)15-8-5-9-24-15/h5,8-11,13,20H,2-4,6-7H2,1H3. The Kier molecular flexibility index (Phi) is 4.58. The molecule has 0 atom stereocenters. The van der Waals surface area contributed by atoms with Crippen LogP contribution in [0.3, 0.4) is 0 Å². The summed E-state index contributed by atoms with van der Waals surface area (Å²) in [4.78, 5) is 4.53. The van der Waals surface area contributed by atoms with Crippen molar-refractivity contribution in [2.45, 2.75) is 44.3 Å². The Morgan fingerprint density at radius 2 is 2.12 bits per heavy atom. The van der Waals surface area contributed by atoms with E-state index < -0.39 is 10.0 Å². The van der Waals surface area contributed by atoms with Gasteiger partial charge in [-0.15, -0.1) is 11.3 Å². The zero-order valence-electron chi connectivity index (χ0n) is 14.4. The summed E-state index contributed by atoms with van der Waals surface area (Å²) in [6.07, 6.45) is 6.05. The quantitative estimate of drug-likeness (QED) is 0.709.